The molecular weight excluding hydrogens is 310 g/mol. The smallest absolute Gasteiger partial charge is 0.124 e. The minimum absolute atomic E-state index is 0.0967. The van der Waals surface area contributed by atoms with E-state index in [0.717, 1.165) is 38.1 Å². The lowest BCUT2D eigenvalue weighted by Crippen LogP contribution is -2.49. The Hall–Kier alpha value is -1.81. The quantitative estimate of drug-likeness (QED) is 0.922. The van der Waals surface area contributed by atoms with Crippen LogP contribution in [0.25, 0.3) is 0 Å². The molecule has 3 heterocycles. The molecule has 1 aromatic heterocycles. The van der Waals surface area contributed by atoms with Crippen LogP contribution in [-0.4, -0.2) is 21.7 Å². The summed E-state index contributed by atoms with van der Waals surface area (Å²) in [5, 5.41) is 3.80. The van der Waals surface area contributed by atoms with Gasteiger partial charge in [-0.15, -0.1) is 0 Å². The van der Waals surface area contributed by atoms with Crippen LogP contribution in [0, 0.1) is 0 Å². The van der Waals surface area contributed by atoms with E-state index >= 15 is 0 Å². The van der Waals surface area contributed by atoms with E-state index in [0.29, 0.717) is 6.04 Å². The molecule has 1 spiro atoms. The summed E-state index contributed by atoms with van der Waals surface area (Å²) in [7, 11) is 0. The van der Waals surface area contributed by atoms with Gasteiger partial charge in [-0.3, -0.25) is 0 Å². The molecule has 0 saturated heterocycles. The Labute approximate surface area is 149 Å². The van der Waals surface area contributed by atoms with Gasteiger partial charge in [-0.1, -0.05) is 18.2 Å². The average Bonchev–Trinajstić information content (AvgIpc) is 3.03. The summed E-state index contributed by atoms with van der Waals surface area (Å²) < 4.78 is 8.70. The van der Waals surface area contributed by atoms with Crippen LogP contribution in [0.1, 0.15) is 61.6 Å². The second-order valence-corrected chi connectivity index (χ2v) is 7.94. The van der Waals surface area contributed by atoms with E-state index in [2.05, 4.69) is 40.3 Å². The lowest BCUT2D eigenvalue weighted by Gasteiger charge is -2.48. The van der Waals surface area contributed by atoms with Crippen LogP contribution >= 0.6 is 0 Å². The zero-order valence-corrected chi connectivity index (χ0v) is 14.8. The molecule has 132 valence electrons. The normalized spacial score (nSPS) is 23.4. The molecule has 1 fully saturated rings. The number of fused-ring (bicyclic) bond motifs is 2. The molecule has 3 aliphatic rings. The number of nitrogens with zero attached hydrogens (tertiary/aromatic N) is 2. The summed E-state index contributed by atoms with van der Waals surface area (Å²) in [6, 6.07) is 8.96. The summed E-state index contributed by atoms with van der Waals surface area (Å²) in [6.07, 6.45) is 11.8. The Morgan fingerprint density at radius 1 is 1.20 bits per heavy atom. The SMILES string of the molecule is c1ccc2c(c1)OC1(CCC1)C[C@@H]2NCCc1cn2c(n1)CCCC2. The molecule has 0 unspecified atom stereocenters. The molecule has 1 aliphatic carbocycles. The third-order valence-corrected chi connectivity index (χ3v) is 6.19. The van der Waals surface area contributed by atoms with Gasteiger partial charge in [-0.2, -0.15) is 0 Å². The third-order valence-electron chi connectivity index (χ3n) is 6.19. The Balaban J connectivity index is 1.26. The molecule has 0 amide bonds. The highest BCUT2D eigenvalue weighted by molar-refractivity contribution is 5.39. The van der Waals surface area contributed by atoms with Crippen molar-refractivity contribution in [1.82, 2.24) is 14.9 Å². The highest BCUT2D eigenvalue weighted by atomic mass is 16.5. The number of rotatable bonds is 4. The van der Waals surface area contributed by atoms with Gasteiger partial charge in [0.1, 0.15) is 17.2 Å². The topological polar surface area (TPSA) is 39.1 Å². The van der Waals surface area contributed by atoms with E-state index in [1.165, 1.54) is 49.2 Å². The van der Waals surface area contributed by atoms with Crippen LogP contribution in [0.15, 0.2) is 30.5 Å². The van der Waals surface area contributed by atoms with Crippen LogP contribution in [0.2, 0.25) is 0 Å². The van der Waals surface area contributed by atoms with Crippen molar-refractivity contribution < 1.29 is 4.74 Å². The minimum atomic E-state index is 0.0967. The van der Waals surface area contributed by atoms with E-state index in [4.69, 9.17) is 9.72 Å². The van der Waals surface area contributed by atoms with Crippen LogP contribution in [0.3, 0.4) is 0 Å². The van der Waals surface area contributed by atoms with Crippen molar-refractivity contribution in [2.45, 2.75) is 69.6 Å². The van der Waals surface area contributed by atoms with Crippen LogP contribution in [-0.2, 0) is 19.4 Å². The predicted octanol–water partition coefficient (Wildman–Crippen LogP) is 3.80. The number of nitrogens with one attached hydrogen (secondary N) is 1. The fraction of sp³-hybridized carbons (Fsp3) is 0.571. The third kappa shape index (κ3) is 2.86. The number of aromatic nitrogens is 2. The molecule has 4 heteroatoms. The molecule has 1 saturated carbocycles. The second-order valence-electron chi connectivity index (χ2n) is 7.94. The molecular formula is C21H27N3O. The molecule has 0 bridgehead atoms. The van der Waals surface area contributed by atoms with Crippen molar-refractivity contribution in [3.63, 3.8) is 0 Å². The molecule has 4 nitrogen and oxygen atoms in total. The van der Waals surface area contributed by atoms with Crippen molar-refractivity contribution in [3.8, 4) is 5.75 Å². The highest BCUT2D eigenvalue weighted by Crippen LogP contribution is 2.48. The van der Waals surface area contributed by atoms with Gasteiger partial charge in [-0.05, 0) is 38.2 Å². The Kier molecular flexibility index (Phi) is 3.81. The van der Waals surface area contributed by atoms with Crippen LogP contribution in [0.5, 0.6) is 5.75 Å². The molecule has 1 aromatic carbocycles. The fourth-order valence-electron chi connectivity index (χ4n) is 4.64. The maximum Gasteiger partial charge on any atom is 0.124 e. The van der Waals surface area contributed by atoms with E-state index in [1.54, 1.807) is 0 Å². The monoisotopic (exact) mass is 337 g/mol. The molecule has 2 aromatic rings. The molecule has 2 aliphatic heterocycles. The zero-order chi connectivity index (χ0) is 16.7. The summed E-state index contributed by atoms with van der Waals surface area (Å²) in [5.41, 5.74) is 2.66. The predicted molar refractivity (Wildman–Crippen MR) is 97.9 cm³/mol. The number of hydrogen-bond acceptors (Lipinski definition) is 3. The van der Waals surface area contributed by atoms with Crippen molar-refractivity contribution in [2.75, 3.05) is 6.54 Å². The van der Waals surface area contributed by atoms with Crippen molar-refractivity contribution >= 4 is 0 Å². The maximum atomic E-state index is 6.35. The van der Waals surface area contributed by atoms with Crippen molar-refractivity contribution in [1.29, 1.82) is 0 Å². The van der Waals surface area contributed by atoms with Gasteiger partial charge in [0.15, 0.2) is 0 Å². The first kappa shape index (κ1) is 15.4. The van der Waals surface area contributed by atoms with Gasteiger partial charge in [0.2, 0.25) is 0 Å². The lowest BCUT2D eigenvalue weighted by atomic mass is 9.73. The average molecular weight is 337 g/mol. The summed E-state index contributed by atoms with van der Waals surface area (Å²) in [4.78, 5) is 4.83. The van der Waals surface area contributed by atoms with Crippen LogP contribution < -0.4 is 10.1 Å². The number of ether oxygens (including phenoxy) is 1. The minimum Gasteiger partial charge on any atom is -0.487 e. The fourth-order valence-corrected chi connectivity index (χ4v) is 4.64. The van der Waals surface area contributed by atoms with E-state index < -0.39 is 0 Å². The Morgan fingerprint density at radius 3 is 2.96 bits per heavy atom. The summed E-state index contributed by atoms with van der Waals surface area (Å²) in [5.74, 6) is 2.37. The van der Waals surface area contributed by atoms with Crippen LogP contribution in [0.4, 0.5) is 0 Å². The number of benzene rings is 1. The molecule has 1 atom stereocenters. The number of aryl methyl sites for hydroxylation is 2. The van der Waals surface area contributed by atoms with Gasteiger partial charge in [0, 0.05) is 50.2 Å². The number of para-hydroxylation sites is 1. The number of imidazole rings is 1. The highest BCUT2D eigenvalue weighted by Gasteiger charge is 2.45. The van der Waals surface area contributed by atoms with E-state index in [9.17, 15) is 0 Å². The van der Waals surface area contributed by atoms with Gasteiger partial charge in [0.25, 0.3) is 0 Å². The first-order valence-corrected chi connectivity index (χ1v) is 9.88. The van der Waals surface area contributed by atoms with Gasteiger partial charge in [0.05, 0.1) is 5.69 Å². The molecule has 0 radical (unpaired) electrons. The second kappa shape index (κ2) is 6.17. The maximum absolute atomic E-state index is 6.35. The largest absolute Gasteiger partial charge is 0.487 e. The van der Waals surface area contributed by atoms with E-state index in [-0.39, 0.29) is 5.60 Å². The van der Waals surface area contributed by atoms with Gasteiger partial charge < -0.3 is 14.6 Å². The molecule has 5 rings (SSSR count). The Bertz CT molecular complexity index is 739. The van der Waals surface area contributed by atoms with Gasteiger partial charge >= 0.3 is 0 Å². The van der Waals surface area contributed by atoms with Crippen molar-refractivity contribution in [2.24, 2.45) is 0 Å². The number of hydrogen-bond donors (Lipinski definition) is 1. The lowest BCUT2D eigenvalue weighted by molar-refractivity contribution is -0.0368. The molecule has 1 N–H and O–H groups in total. The first-order chi connectivity index (χ1) is 12.3. The summed E-state index contributed by atoms with van der Waals surface area (Å²) in [6.45, 7) is 2.12. The zero-order valence-electron chi connectivity index (χ0n) is 14.8. The molecule has 25 heavy (non-hydrogen) atoms. The Morgan fingerprint density at radius 2 is 2.12 bits per heavy atom. The standard InChI is InChI=1S/C21H27N3O/c1-2-7-19-17(6-1)18(14-21(25-19)10-5-11-21)22-12-9-16-15-24-13-4-3-8-20(24)23-16/h1-2,6-7,15,18,22H,3-5,8-14H2/t18-/m0/s1. The van der Waals surface area contributed by atoms with Crippen molar-refractivity contribution in [3.05, 3.63) is 47.5 Å². The van der Waals surface area contributed by atoms with Gasteiger partial charge in [-0.25, -0.2) is 4.98 Å². The first-order valence-electron chi connectivity index (χ1n) is 9.88. The summed E-state index contributed by atoms with van der Waals surface area (Å²) >= 11 is 0. The van der Waals surface area contributed by atoms with E-state index in [1.807, 2.05) is 0 Å².